The first-order chi connectivity index (χ1) is 7.56. The maximum absolute atomic E-state index is 10.9. The van der Waals surface area contributed by atoms with Gasteiger partial charge in [-0.3, -0.25) is 0 Å². The molecule has 2 nitrogen and oxygen atoms in total. The molecule has 0 bridgehead atoms. The largest absolute Gasteiger partial charge is 0.478 e. The molecule has 0 aliphatic rings. The molecule has 0 spiro atoms. The highest BCUT2D eigenvalue weighted by molar-refractivity contribution is 7.13. The van der Waals surface area contributed by atoms with Gasteiger partial charge in [0.05, 0.1) is 5.56 Å². The molecule has 0 radical (unpaired) electrons. The van der Waals surface area contributed by atoms with E-state index in [-0.39, 0.29) is 0 Å². The Bertz CT molecular complexity index is 541. The van der Waals surface area contributed by atoms with Gasteiger partial charge in [-0.2, -0.15) is 0 Å². The summed E-state index contributed by atoms with van der Waals surface area (Å²) in [5.41, 5.74) is 3.51. The quantitative estimate of drug-likeness (QED) is 0.856. The lowest BCUT2D eigenvalue weighted by Crippen LogP contribution is -1.96. The molecule has 0 saturated heterocycles. The van der Waals surface area contributed by atoms with Gasteiger partial charge >= 0.3 is 5.97 Å². The molecule has 0 aliphatic heterocycles. The Labute approximate surface area is 98.2 Å². The van der Waals surface area contributed by atoms with Crippen LogP contribution in [-0.2, 0) is 0 Å². The molecule has 0 saturated carbocycles. The van der Waals surface area contributed by atoms with Crippen molar-refractivity contribution >= 4 is 17.3 Å². The van der Waals surface area contributed by atoms with E-state index in [2.05, 4.69) is 11.4 Å². The average Bonchev–Trinajstić information content (AvgIpc) is 2.64. The van der Waals surface area contributed by atoms with Gasteiger partial charge < -0.3 is 5.11 Å². The summed E-state index contributed by atoms with van der Waals surface area (Å²) in [6.07, 6.45) is 0. The van der Waals surface area contributed by atoms with Crippen molar-refractivity contribution in [3.63, 3.8) is 0 Å². The van der Waals surface area contributed by atoms with E-state index < -0.39 is 5.97 Å². The first kappa shape index (κ1) is 10.9. The van der Waals surface area contributed by atoms with Crippen molar-refractivity contribution in [2.24, 2.45) is 0 Å². The van der Waals surface area contributed by atoms with E-state index in [0.29, 0.717) is 5.56 Å². The van der Waals surface area contributed by atoms with Crippen LogP contribution in [0.25, 0.3) is 10.4 Å². The molecule has 1 aromatic heterocycles. The normalized spacial score (nSPS) is 10.4. The van der Waals surface area contributed by atoms with Gasteiger partial charge in [0.25, 0.3) is 0 Å². The highest BCUT2D eigenvalue weighted by Gasteiger charge is 2.07. The zero-order valence-corrected chi connectivity index (χ0v) is 9.97. The van der Waals surface area contributed by atoms with Crippen LogP contribution in [0.5, 0.6) is 0 Å². The molecule has 0 fully saturated rings. The van der Waals surface area contributed by atoms with Crippen LogP contribution >= 0.6 is 11.3 Å². The summed E-state index contributed by atoms with van der Waals surface area (Å²) in [5.74, 6) is -0.877. The van der Waals surface area contributed by atoms with Crippen molar-refractivity contribution in [2.75, 3.05) is 0 Å². The Hall–Kier alpha value is -1.61. The first-order valence-corrected chi connectivity index (χ1v) is 5.85. The molecular weight excluding hydrogens is 220 g/mol. The summed E-state index contributed by atoms with van der Waals surface area (Å²) >= 11 is 1.64. The van der Waals surface area contributed by atoms with Gasteiger partial charge in [-0.15, -0.1) is 11.3 Å². The third-order valence-corrected chi connectivity index (χ3v) is 3.44. The smallest absolute Gasteiger partial charge is 0.335 e. The fourth-order valence-corrected chi connectivity index (χ4v) is 2.52. The van der Waals surface area contributed by atoms with Crippen molar-refractivity contribution in [1.29, 1.82) is 0 Å². The fraction of sp³-hybridized carbons (Fsp3) is 0.154. The molecule has 0 amide bonds. The van der Waals surface area contributed by atoms with Crippen molar-refractivity contribution in [1.82, 2.24) is 0 Å². The number of hydrogen-bond acceptors (Lipinski definition) is 2. The number of carboxylic acid groups (broad SMARTS) is 1. The van der Waals surface area contributed by atoms with E-state index in [9.17, 15) is 4.79 Å². The molecular formula is C13H12O2S. The van der Waals surface area contributed by atoms with Gasteiger partial charge in [0.15, 0.2) is 0 Å². The van der Waals surface area contributed by atoms with Crippen LogP contribution in [0.2, 0.25) is 0 Å². The molecule has 3 heteroatoms. The zero-order chi connectivity index (χ0) is 11.7. The Morgan fingerprint density at radius 2 is 1.88 bits per heavy atom. The number of aryl methyl sites for hydroxylation is 2. The molecule has 16 heavy (non-hydrogen) atoms. The number of hydrogen-bond donors (Lipinski definition) is 1. The second-order valence-corrected chi connectivity index (χ2v) is 4.79. The summed E-state index contributed by atoms with van der Waals surface area (Å²) in [6, 6.07) is 7.50. The van der Waals surface area contributed by atoms with Gasteiger partial charge in [-0.1, -0.05) is 6.07 Å². The van der Waals surface area contributed by atoms with Crippen LogP contribution in [0, 0.1) is 13.8 Å². The highest BCUT2D eigenvalue weighted by Crippen LogP contribution is 2.28. The van der Waals surface area contributed by atoms with Crippen LogP contribution < -0.4 is 0 Å². The Kier molecular flexibility index (Phi) is 2.79. The van der Waals surface area contributed by atoms with Gasteiger partial charge in [-0.05, 0) is 54.1 Å². The van der Waals surface area contributed by atoms with Crippen molar-refractivity contribution in [3.05, 3.63) is 46.3 Å². The molecule has 0 atom stereocenters. The number of aromatic carboxylic acids is 1. The lowest BCUT2D eigenvalue weighted by atomic mass is 10.1. The van der Waals surface area contributed by atoms with Gasteiger partial charge in [0, 0.05) is 4.88 Å². The van der Waals surface area contributed by atoms with Crippen molar-refractivity contribution < 1.29 is 9.90 Å². The Morgan fingerprint density at radius 1 is 1.12 bits per heavy atom. The van der Waals surface area contributed by atoms with Crippen LogP contribution in [0.3, 0.4) is 0 Å². The number of benzene rings is 1. The standard InChI is InChI=1S/C13H12O2S/c1-8-3-10(6-11(4-8)13(14)15)12-5-9(2)7-16-12/h3-7H,1-2H3,(H,14,15). The summed E-state index contributed by atoms with van der Waals surface area (Å²) in [7, 11) is 0. The summed E-state index contributed by atoms with van der Waals surface area (Å²) in [5, 5.41) is 11.1. The monoisotopic (exact) mass is 232 g/mol. The first-order valence-electron chi connectivity index (χ1n) is 4.97. The lowest BCUT2D eigenvalue weighted by molar-refractivity contribution is 0.0697. The van der Waals surface area contributed by atoms with E-state index in [1.165, 1.54) is 5.56 Å². The number of rotatable bonds is 2. The molecule has 0 unspecified atom stereocenters. The number of carbonyl (C=O) groups is 1. The van der Waals surface area contributed by atoms with E-state index >= 15 is 0 Å². The van der Waals surface area contributed by atoms with Crippen LogP contribution in [-0.4, -0.2) is 11.1 Å². The van der Waals surface area contributed by atoms with E-state index in [0.717, 1.165) is 16.0 Å². The lowest BCUT2D eigenvalue weighted by Gasteiger charge is -2.02. The molecule has 2 rings (SSSR count). The van der Waals surface area contributed by atoms with Crippen LogP contribution in [0.15, 0.2) is 29.6 Å². The van der Waals surface area contributed by atoms with Crippen LogP contribution in [0.1, 0.15) is 21.5 Å². The van der Waals surface area contributed by atoms with Crippen molar-refractivity contribution in [2.45, 2.75) is 13.8 Å². The molecule has 82 valence electrons. The highest BCUT2D eigenvalue weighted by atomic mass is 32.1. The average molecular weight is 232 g/mol. The minimum absolute atomic E-state index is 0.348. The summed E-state index contributed by atoms with van der Waals surface area (Å²) < 4.78 is 0. The van der Waals surface area contributed by atoms with E-state index in [1.54, 1.807) is 23.5 Å². The third-order valence-electron chi connectivity index (χ3n) is 2.34. The minimum atomic E-state index is -0.877. The van der Waals surface area contributed by atoms with E-state index in [1.807, 2.05) is 19.9 Å². The third kappa shape index (κ3) is 2.14. The fourth-order valence-electron chi connectivity index (χ4n) is 1.63. The molecule has 2 aromatic rings. The second-order valence-electron chi connectivity index (χ2n) is 3.88. The molecule has 1 heterocycles. The van der Waals surface area contributed by atoms with Crippen molar-refractivity contribution in [3.8, 4) is 10.4 Å². The van der Waals surface area contributed by atoms with Gasteiger partial charge in [0.1, 0.15) is 0 Å². The minimum Gasteiger partial charge on any atom is -0.478 e. The zero-order valence-electron chi connectivity index (χ0n) is 9.15. The summed E-state index contributed by atoms with van der Waals surface area (Å²) in [6.45, 7) is 3.95. The predicted octanol–water partition coefficient (Wildman–Crippen LogP) is 3.73. The maximum atomic E-state index is 10.9. The maximum Gasteiger partial charge on any atom is 0.335 e. The number of thiophene rings is 1. The SMILES string of the molecule is Cc1cc(C(=O)O)cc(-c2cc(C)cs2)c1. The Morgan fingerprint density at radius 3 is 2.44 bits per heavy atom. The molecule has 1 aromatic carbocycles. The topological polar surface area (TPSA) is 37.3 Å². The van der Waals surface area contributed by atoms with Gasteiger partial charge in [-0.25, -0.2) is 4.79 Å². The van der Waals surface area contributed by atoms with Gasteiger partial charge in [0.2, 0.25) is 0 Å². The number of carboxylic acids is 1. The van der Waals surface area contributed by atoms with E-state index in [4.69, 9.17) is 5.11 Å². The summed E-state index contributed by atoms with van der Waals surface area (Å²) in [4.78, 5) is 12.1. The second kappa shape index (κ2) is 4.10. The Balaban J connectivity index is 2.53. The molecule has 1 N–H and O–H groups in total. The predicted molar refractivity (Wildman–Crippen MR) is 66.2 cm³/mol. The van der Waals surface area contributed by atoms with Crippen LogP contribution in [0.4, 0.5) is 0 Å². The molecule has 0 aliphatic carbocycles.